The Morgan fingerprint density at radius 1 is 1.00 bits per heavy atom. The van der Waals surface area contributed by atoms with Gasteiger partial charge in [0.05, 0.1) is 27.0 Å². The Balaban J connectivity index is 1.62. The molecule has 7 nitrogen and oxygen atoms in total. The molecule has 0 radical (unpaired) electrons. The van der Waals surface area contributed by atoms with Crippen LogP contribution in [0, 0.1) is 6.92 Å². The van der Waals surface area contributed by atoms with E-state index < -0.39 is 0 Å². The first kappa shape index (κ1) is 20.9. The van der Waals surface area contributed by atoms with Crippen molar-refractivity contribution < 1.29 is 14.2 Å². The van der Waals surface area contributed by atoms with Crippen molar-refractivity contribution in [1.82, 2.24) is 14.9 Å². The maximum absolute atomic E-state index is 12.7. The molecule has 0 bridgehead atoms. The van der Waals surface area contributed by atoms with Gasteiger partial charge in [-0.05, 0) is 19.4 Å². The van der Waals surface area contributed by atoms with E-state index in [1.807, 2.05) is 43.3 Å². The van der Waals surface area contributed by atoms with Crippen molar-refractivity contribution in [3.05, 3.63) is 69.1 Å². The molecule has 7 heteroatoms. The summed E-state index contributed by atoms with van der Waals surface area (Å²) in [5.41, 5.74) is 4.61. The van der Waals surface area contributed by atoms with E-state index in [1.165, 1.54) is 5.56 Å². The summed E-state index contributed by atoms with van der Waals surface area (Å²) in [7, 11) is 4.83. The van der Waals surface area contributed by atoms with E-state index >= 15 is 0 Å². The number of aromatic amines is 1. The van der Waals surface area contributed by atoms with E-state index in [-0.39, 0.29) is 5.56 Å². The van der Waals surface area contributed by atoms with Crippen LogP contribution in [0.2, 0.25) is 0 Å². The van der Waals surface area contributed by atoms with Gasteiger partial charge in [-0.1, -0.05) is 35.9 Å². The molecule has 4 rings (SSSR count). The average molecular weight is 421 g/mol. The third kappa shape index (κ3) is 4.14. The van der Waals surface area contributed by atoms with Gasteiger partial charge in [-0.2, -0.15) is 0 Å². The lowest BCUT2D eigenvalue weighted by Gasteiger charge is -2.28. The summed E-state index contributed by atoms with van der Waals surface area (Å²) >= 11 is 0. The zero-order valence-electron chi connectivity index (χ0n) is 18.3. The summed E-state index contributed by atoms with van der Waals surface area (Å²) in [5, 5.41) is 0. The first-order valence-electron chi connectivity index (χ1n) is 10.2. The van der Waals surface area contributed by atoms with Crippen molar-refractivity contribution in [2.75, 3.05) is 27.9 Å². The zero-order chi connectivity index (χ0) is 22.0. The molecule has 0 unspecified atom stereocenters. The number of nitrogens with zero attached hydrogens (tertiary/aromatic N) is 2. The molecular formula is C24H27N3O4. The fraction of sp³-hybridized carbons (Fsp3) is 0.333. The Kier molecular flexibility index (Phi) is 5.95. The van der Waals surface area contributed by atoms with Crippen molar-refractivity contribution >= 4 is 0 Å². The molecule has 2 aromatic carbocycles. The summed E-state index contributed by atoms with van der Waals surface area (Å²) in [6.07, 6.45) is 0.654. The third-order valence-corrected chi connectivity index (χ3v) is 5.66. The van der Waals surface area contributed by atoms with Crippen LogP contribution in [-0.2, 0) is 19.5 Å². The monoisotopic (exact) mass is 421 g/mol. The van der Waals surface area contributed by atoms with Gasteiger partial charge in [-0.3, -0.25) is 9.69 Å². The minimum Gasteiger partial charge on any atom is -0.493 e. The van der Waals surface area contributed by atoms with Crippen LogP contribution in [0.1, 0.15) is 22.4 Å². The van der Waals surface area contributed by atoms with Crippen molar-refractivity contribution in [2.24, 2.45) is 0 Å². The molecule has 0 saturated heterocycles. The lowest BCUT2D eigenvalue weighted by Crippen LogP contribution is -2.35. The first-order chi connectivity index (χ1) is 15.0. The molecule has 0 spiro atoms. The molecule has 0 fully saturated rings. The van der Waals surface area contributed by atoms with Gasteiger partial charge < -0.3 is 19.2 Å². The highest BCUT2D eigenvalue weighted by molar-refractivity contribution is 5.56. The largest absolute Gasteiger partial charge is 0.493 e. The molecule has 162 valence electrons. The number of aromatic nitrogens is 2. The fourth-order valence-corrected chi connectivity index (χ4v) is 4.01. The number of hydrogen-bond donors (Lipinski definition) is 1. The Bertz CT molecular complexity index is 1140. The molecule has 1 N–H and O–H groups in total. The number of rotatable bonds is 6. The predicted octanol–water partition coefficient (Wildman–Crippen LogP) is 3.33. The van der Waals surface area contributed by atoms with Crippen molar-refractivity contribution in [1.29, 1.82) is 0 Å². The number of aryl methyl sites for hydroxylation is 1. The number of hydrogen-bond acceptors (Lipinski definition) is 6. The molecule has 0 amide bonds. The second kappa shape index (κ2) is 8.81. The van der Waals surface area contributed by atoms with E-state index in [0.717, 1.165) is 28.9 Å². The first-order valence-corrected chi connectivity index (χ1v) is 10.2. The number of methoxy groups -OCH3 is 3. The van der Waals surface area contributed by atoms with Gasteiger partial charge in [0.15, 0.2) is 11.5 Å². The lowest BCUT2D eigenvalue weighted by atomic mass is 10.0. The second-order valence-corrected chi connectivity index (χ2v) is 7.66. The van der Waals surface area contributed by atoms with Crippen LogP contribution >= 0.6 is 0 Å². The zero-order valence-corrected chi connectivity index (χ0v) is 18.3. The van der Waals surface area contributed by atoms with E-state index in [2.05, 4.69) is 9.88 Å². The Morgan fingerprint density at radius 2 is 1.74 bits per heavy atom. The number of ether oxygens (including phenoxy) is 3. The molecule has 0 saturated carbocycles. The molecule has 0 atom stereocenters. The van der Waals surface area contributed by atoms with Crippen molar-refractivity contribution in [3.8, 4) is 28.6 Å². The van der Waals surface area contributed by atoms with Crippen LogP contribution in [0.4, 0.5) is 0 Å². The molecule has 31 heavy (non-hydrogen) atoms. The smallest absolute Gasteiger partial charge is 0.254 e. The van der Waals surface area contributed by atoms with Crippen molar-refractivity contribution in [2.45, 2.75) is 26.4 Å². The number of fused-ring (bicyclic) bond motifs is 1. The van der Waals surface area contributed by atoms with Crippen LogP contribution in [0.15, 0.2) is 41.2 Å². The fourth-order valence-electron chi connectivity index (χ4n) is 4.01. The van der Waals surface area contributed by atoms with E-state index in [1.54, 1.807) is 21.3 Å². The number of H-pyrrole nitrogens is 1. The Labute approximate surface area is 181 Å². The van der Waals surface area contributed by atoms with Gasteiger partial charge in [0.2, 0.25) is 5.75 Å². The molecule has 1 aromatic heterocycles. The van der Waals surface area contributed by atoms with Gasteiger partial charge >= 0.3 is 0 Å². The highest BCUT2D eigenvalue weighted by Gasteiger charge is 2.24. The molecule has 1 aliphatic heterocycles. The van der Waals surface area contributed by atoms with Crippen LogP contribution in [0.3, 0.4) is 0 Å². The maximum Gasteiger partial charge on any atom is 0.254 e. The molecular weight excluding hydrogens is 394 g/mol. The minimum atomic E-state index is -0.0519. The van der Waals surface area contributed by atoms with Gasteiger partial charge in [-0.25, -0.2) is 4.98 Å². The highest BCUT2D eigenvalue weighted by atomic mass is 16.5. The SMILES string of the molecule is COc1ccc(CN2CCc3c(nc(-c4ccc(C)cc4)[nH]c3=O)C2)c(OC)c1OC. The number of nitrogens with one attached hydrogen (secondary N) is 1. The molecule has 2 heterocycles. The van der Waals surface area contributed by atoms with Crippen LogP contribution in [0.25, 0.3) is 11.4 Å². The summed E-state index contributed by atoms with van der Waals surface area (Å²) < 4.78 is 16.5. The van der Waals surface area contributed by atoms with Gasteiger partial charge in [0.1, 0.15) is 5.82 Å². The summed E-state index contributed by atoms with van der Waals surface area (Å²) in [5.74, 6) is 2.47. The minimum absolute atomic E-state index is 0.0519. The van der Waals surface area contributed by atoms with Gasteiger partial charge in [0.25, 0.3) is 5.56 Å². The quantitative estimate of drug-likeness (QED) is 0.658. The van der Waals surface area contributed by atoms with Crippen LogP contribution in [-0.4, -0.2) is 42.7 Å². The average Bonchev–Trinajstić information content (AvgIpc) is 2.78. The normalized spacial score (nSPS) is 13.5. The van der Waals surface area contributed by atoms with Crippen LogP contribution < -0.4 is 19.8 Å². The molecule has 0 aliphatic carbocycles. The van der Waals surface area contributed by atoms with E-state index in [4.69, 9.17) is 19.2 Å². The highest BCUT2D eigenvalue weighted by Crippen LogP contribution is 2.40. The van der Waals surface area contributed by atoms with Gasteiger partial charge in [0, 0.05) is 36.3 Å². The number of benzene rings is 2. The summed E-state index contributed by atoms with van der Waals surface area (Å²) in [6, 6.07) is 11.9. The lowest BCUT2D eigenvalue weighted by molar-refractivity contribution is 0.235. The second-order valence-electron chi connectivity index (χ2n) is 7.66. The van der Waals surface area contributed by atoms with E-state index in [0.29, 0.717) is 42.6 Å². The van der Waals surface area contributed by atoms with Crippen molar-refractivity contribution in [3.63, 3.8) is 0 Å². The Hall–Kier alpha value is -3.32. The molecule has 1 aliphatic rings. The summed E-state index contributed by atoms with van der Waals surface area (Å²) in [6.45, 7) is 4.04. The Morgan fingerprint density at radius 3 is 2.42 bits per heavy atom. The molecule has 3 aromatic rings. The topological polar surface area (TPSA) is 76.7 Å². The predicted molar refractivity (Wildman–Crippen MR) is 119 cm³/mol. The van der Waals surface area contributed by atoms with Crippen LogP contribution in [0.5, 0.6) is 17.2 Å². The standard InChI is InChI=1S/C24H27N3O4/c1-15-5-7-16(8-6-15)23-25-19-14-27(12-11-18(19)24(28)26-23)13-17-9-10-20(29-2)22(31-4)21(17)30-3/h5-10H,11-14H2,1-4H3,(H,25,26,28). The van der Waals surface area contributed by atoms with E-state index in [9.17, 15) is 4.79 Å². The summed E-state index contributed by atoms with van der Waals surface area (Å²) in [4.78, 5) is 22.7. The van der Waals surface area contributed by atoms with Gasteiger partial charge in [-0.15, -0.1) is 0 Å². The third-order valence-electron chi connectivity index (χ3n) is 5.66. The maximum atomic E-state index is 12.7.